The van der Waals surface area contributed by atoms with Crippen molar-refractivity contribution in [3.05, 3.63) is 77.5 Å². The number of hydrogen-bond acceptors (Lipinski definition) is 5. The van der Waals surface area contributed by atoms with Gasteiger partial charge in [0.05, 0.1) is 18.9 Å². The number of rotatable bonds is 8. The molecule has 0 aliphatic rings. The Hall–Kier alpha value is -3.87. The van der Waals surface area contributed by atoms with Crippen LogP contribution in [0.3, 0.4) is 0 Å². The molecule has 1 aromatic heterocycles. The molecule has 0 atom stereocenters. The van der Waals surface area contributed by atoms with Crippen LogP contribution in [0.4, 0.5) is 5.82 Å². The largest absolute Gasteiger partial charge is 0.491 e. The quantitative estimate of drug-likeness (QED) is 0.320. The van der Waals surface area contributed by atoms with Gasteiger partial charge in [-0.25, -0.2) is 4.79 Å². The summed E-state index contributed by atoms with van der Waals surface area (Å²) in [7, 11) is 1.65. The molecule has 0 spiro atoms. The van der Waals surface area contributed by atoms with E-state index in [1.807, 2.05) is 68.4 Å². The van der Waals surface area contributed by atoms with Crippen LogP contribution in [-0.4, -0.2) is 34.4 Å². The molecule has 1 amide bonds. The van der Waals surface area contributed by atoms with Crippen LogP contribution in [0.25, 0.3) is 11.6 Å². The molecule has 166 valence electrons. The maximum atomic E-state index is 13.3. The van der Waals surface area contributed by atoms with Crippen molar-refractivity contribution in [3.8, 4) is 5.75 Å². The van der Waals surface area contributed by atoms with Crippen molar-refractivity contribution in [1.82, 2.24) is 9.78 Å². The topological polar surface area (TPSA) is 82.5 Å². The van der Waals surface area contributed by atoms with Crippen molar-refractivity contribution in [1.29, 1.82) is 0 Å². The molecule has 2 aromatic carbocycles. The van der Waals surface area contributed by atoms with E-state index in [9.17, 15) is 9.59 Å². The third-order valence-electron chi connectivity index (χ3n) is 4.56. The zero-order valence-electron chi connectivity index (χ0n) is 18.7. The third kappa shape index (κ3) is 5.63. The van der Waals surface area contributed by atoms with Gasteiger partial charge >= 0.3 is 5.97 Å². The van der Waals surface area contributed by atoms with Gasteiger partial charge in [-0.05, 0) is 50.1 Å². The van der Waals surface area contributed by atoms with Crippen molar-refractivity contribution >= 4 is 29.3 Å². The number of aromatic nitrogens is 2. The molecule has 3 rings (SSSR count). The second kappa shape index (κ2) is 10.4. The van der Waals surface area contributed by atoms with Gasteiger partial charge in [-0.15, -0.1) is 0 Å². The molecule has 32 heavy (non-hydrogen) atoms. The van der Waals surface area contributed by atoms with Gasteiger partial charge in [0.15, 0.2) is 0 Å². The van der Waals surface area contributed by atoms with Gasteiger partial charge in [-0.1, -0.05) is 42.5 Å². The number of esters is 1. The molecule has 0 bridgehead atoms. The summed E-state index contributed by atoms with van der Waals surface area (Å²) in [6.45, 7) is 5.89. The van der Waals surface area contributed by atoms with Crippen LogP contribution >= 0.6 is 0 Å². The second-order valence-corrected chi connectivity index (χ2v) is 7.36. The number of aryl methyl sites for hydroxylation is 1. The van der Waals surface area contributed by atoms with Gasteiger partial charge in [0, 0.05) is 12.6 Å². The van der Waals surface area contributed by atoms with Crippen molar-refractivity contribution in [2.45, 2.75) is 26.9 Å². The summed E-state index contributed by atoms with van der Waals surface area (Å²) in [5, 5.41) is 6.91. The highest BCUT2D eigenvalue weighted by Crippen LogP contribution is 2.24. The first kappa shape index (κ1) is 22.8. The van der Waals surface area contributed by atoms with Gasteiger partial charge in [0.25, 0.3) is 5.91 Å². The summed E-state index contributed by atoms with van der Waals surface area (Å²) in [6, 6.07) is 16.8. The monoisotopic (exact) mass is 433 g/mol. The van der Waals surface area contributed by atoms with Crippen LogP contribution in [0.5, 0.6) is 5.75 Å². The minimum absolute atomic E-state index is 0.0783. The van der Waals surface area contributed by atoms with Crippen molar-refractivity contribution in [2.24, 2.45) is 7.05 Å². The summed E-state index contributed by atoms with van der Waals surface area (Å²) >= 11 is 0. The summed E-state index contributed by atoms with van der Waals surface area (Å²) in [5.74, 6) is 0.127. The Morgan fingerprint density at radius 3 is 2.41 bits per heavy atom. The van der Waals surface area contributed by atoms with E-state index in [1.165, 1.54) is 10.9 Å². The molecule has 0 radical (unpaired) electrons. The van der Waals surface area contributed by atoms with Gasteiger partial charge in [0.1, 0.15) is 17.1 Å². The second-order valence-electron chi connectivity index (χ2n) is 7.36. The Labute approximate surface area is 187 Å². The van der Waals surface area contributed by atoms with E-state index in [-0.39, 0.29) is 30.0 Å². The molecule has 1 N–H and O–H groups in total. The Morgan fingerprint density at radius 2 is 1.78 bits per heavy atom. The fourth-order valence-electron chi connectivity index (χ4n) is 3.10. The molecule has 0 fully saturated rings. The first-order valence-electron chi connectivity index (χ1n) is 10.4. The van der Waals surface area contributed by atoms with Crippen LogP contribution in [-0.2, 0) is 16.6 Å². The molecule has 0 unspecified atom stereocenters. The first-order chi connectivity index (χ1) is 15.4. The lowest BCUT2D eigenvalue weighted by Crippen LogP contribution is -2.18. The lowest BCUT2D eigenvalue weighted by atomic mass is 10.0. The summed E-state index contributed by atoms with van der Waals surface area (Å²) < 4.78 is 12.2. The molecule has 0 aliphatic heterocycles. The van der Waals surface area contributed by atoms with Crippen LogP contribution in [0.1, 0.15) is 42.3 Å². The van der Waals surface area contributed by atoms with E-state index < -0.39 is 5.97 Å². The molecular weight excluding hydrogens is 406 g/mol. The number of carbonyl (C=O) groups excluding carboxylic acids is 2. The number of nitrogens with zero attached hydrogens (tertiary/aromatic N) is 2. The summed E-state index contributed by atoms with van der Waals surface area (Å²) in [5.41, 5.74) is 2.22. The molecule has 0 saturated carbocycles. The number of anilines is 1. The fraction of sp³-hybridized carbons (Fsp3) is 0.240. The van der Waals surface area contributed by atoms with Crippen molar-refractivity contribution < 1.29 is 19.1 Å². The van der Waals surface area contributed by atoms with E-state index in [4.69, 9.17) is 9.47 Å². The zero-order valence-corrected chi connectivity index (χ0v) is 18.7. The van der Waals surface area contributed by atoms with Crippen LogP contribution in [0, 0.1) is 0 Å². The average Bonchev–Trinajstić information content (AvgIpc) is 3.13. The van der Waals surface area contributed by atoms with Gasteiger partial charge in [-0.3, -0.25) is 9.48 Å². The lowest BCUT2D eigenvalue weighted by Gasteiger charge is -2.12. The number of benzene rings is 2. The molecule has 0 aliphatic carbocycles. The predicted octanol–water partition coefficient (Wildman–Crippen LogP) is 4.56. The molecule has 0 saturated heterocycles. The summed E-state index contributed by atoms with van der Waals surface area (Å²) in [6.07, 6.45) is 3.26. The molecule has 7 nitrogen and oxygen atoms in total. The maximum Gasteiger partial charge on any atom is 0.343 e. The number of hydrogen-bond donors (Lipinski definition) is 1. The standard InChI is InChI=1S/C25H27N3O4/c1-5-31-25(30)22-16-26-28(4)23(22)27-24(29)21(19-9-7-6-8-10-19)15-18-11-13-20(14-12-18)32-17(2)3/h6-17H,5H2,1-4H3,(H,27,29)/b21-15+. The van der Waals surface area contributed by atoms with Crippen LogP contribution < -0.4 is 10.1 Å². The number of nitrogens with one attached hydrogen (secondary N) is 1. The van der Waals surface area contributed by atoms with E-state index in [2.05, 4.69) is 10.4 Å². The fourth-order valence-corrected chi connectivity index (χ4v) is 3.10. The number of ether oxygens (including phenoxy) is 2. The number of amides is 1. The van der Waals surface area contributed by atoms with Crippen LogP contribution in [0.2, 0.25) is 0 Å². The van der Waals surface area contributed by atoms with Gasteiger partial charge < -0.3 is 14.8 Å². The lowest BCUT2D eigenvalue weighted by molar-refractivity contribution is -0.111. The summed E-state index contributed by atoms with van der Waals surface area (Å²) in [4.78, 5) is 25.6. The Morgan fingerprint density at radius 1 is 1.09 bits per heavy atom. The van der Waals surface area contributed by atoms with E-state index in [0.717, 1.165) is 16.9 Å². The van der Waals surface area contributed by atoms with Gasteiger partial charge in [-0.2, -0.15) is 5.10 Å². The molecule has 7 heteroatoms. The Balaban J connectivity index is 1.94. The SMILES string of the molecule is CCOC(=O)c1cnn(C)c1NC(=O)/C(=C/c1ccc(OC(C)C)cc1)c1ccccc1. The number of carbonyl (C=O) groups is 2. The highest BCUT2D eigenvalue weighted by molar-refractivity contribution is 6.29. The normalized spacial score (nSPS) is 11.3. The van der Waals surface area contributed by atoms with E-state index >= 15 is 0 Å². The third-order valence-corrected chi connectivity index (χ3v) is 4.56. The molecule has 3 aromatic rings. The molecular formula is C25H27N3O4. The Bertz CT molecular complexity index is 1100. The first-order valence-corrected chi connectivity index (χ1v) is 10.4. The highest BCUT2D eigenvalue weighted by Gasteiger charge is 2.21. The smallest absolute Gasteiger partial charge is 0.343 e. The average molecular weight is 434 g/mol. The van der Waals surface area contributed by atoms with E-state index in [0.29, 0.717) is 5.57 Å². The zero-order chi connectivity index (χ0) is 23.1. The van der Waals surface area contributed by atoms with Gasteiger partial charge in [0.2, 0.25) is 0 Å². The van der Waals surface area contributed by atoms with E-state index in [1.54, 1.807) is 20.0 Å². The molecule has 1 heterocycles. The predicted molar refractivity (Wildman–Crippen MR) is 124 cm³/mol. The van der Waals surface area contributed by atoms with Crippen molar-refractivity contribution in [2.75, 3.05) is 11.9 Å². The minimum Gasteiger partial charge on any atom is -0.491 e. The van der Waals surface area contributed by atoms with Crippen molar-refractivity contribution in [3.63, 3.8) is 0 Å². The Kier molecular flexibility index (Phi) is 7.44. The van der Waals surface area contributed by atoms with Crippen LogP contribution in [0.15, 0.2) is 60.8 Å². The minimum atomic E-state index is -0.540. The highest BCUT2D eigenvalue weighted by atomic mass is 16.5. The maximum absolute atomic E-state index is 13.3.